The first-order chi connectivity index (χ1) is 10.7. The van der Waals surface area contributed by atoms with E-state index in [-0.39, 0.29) is 0 Å². The summed E-state index contributed by atoms with van der Waals surface area (Å²) >= 11 is 0. The topological polar surface area (TPSA) is 61.4 Å². The zero-order valence-electron chi connectivity index (χ0n) is 12.2. The summed E-state index contributed by atoms with van der Waals surface area (Å²) in [4.78, 5) is 12.0. The third-order valence-corrected chi connectivity index (χ3v) is 3.74. The third kappa shape index (κ3) is 3.27. The molecule has 5 nitrogen and oxygen atoms in total. The van der Waals surface area contributed by atoms with Gasteiger partial charge in [-0.1, -0.05) is 18.2 Å². The van der Waals surface area contributed by atoms with E-state index in [9.17, 15) is 10.0 Å². The van der Waals surface area contributed by atoms with Crippen LogP contribution in [0.1, 0.15) is 12.8 Å². The molecule has 2 amide bonds. The van der Waals surface area contributed by atoms with Crippen LogP contribution in [0, 0.1) is 5.21 Å². The van der Waals surface area contributed by atoms with Gasteiger partial charge in [0.25, 0.3) is 0 Å². The second-order valence-corrected chi connectivity index (χ2v) is 5.41. The van der Waals surface area contributed by atoms with Crippen molar-refractivity contribution in [1.29, 1.82) is 0 Å². The number of amides is 2. The quantitative estimate of drug-likeness (QED) is 0.685. The number of anilines is 1. The number of rotatable bonds is 3. The highest BCUT2D eigenvalue weighted by Crippen LogP contribution is 2.24. The van der Waals surface area contributed by atoms with Crippen LogP contribution in [0.25, 0.3) is 0 Å². The number of ether oxygens (including phenoxy) is 1. The summed E-state index contributed by atoms with van der Waals surface area (Å²) in [6.45, 7) is 0.724. The Morgan fingerprint density at radius 1 is 0.955 bits per heavy atom. The van der Waals surface area contributed by atoms with Gasteiger partial charge in [-0.05, 0) is 36.4 Å². The number of likely N-dealkylation sites (tertiary alicyclic amines) is 1. The van der Waals surface area contributed by atoms with Crippen LogP contribution < -0.4 is 10.1 Å². The van der Waals surface area contributed by atoms with E-state index in [0.29, 0.717) is 24.5 Å². The SMILES string of the molecule is O=C(Nc1ccc(Oc2ccccc2)cc1)[N+]1([O-])CCCC1. The van der Waals surface area contributed by atoms with Crippen LogP contribution in [0.3, 0.4) is 0 Å². The van der Waals surface area contributed by atoms with E-state index in [1.165, 1.54) is 0 Å². The lowest BCUT2D eigenvalue weighted by Gasteiger charge is -2.34. The van der Waals surface area contributed by atoms with Crippen molar-refractivity contribution in [3.05, 3.63) is 59.8 Å². The van der Waals surface area contributed by atoms with Gasteiger partial charge in [0.05, 0.1) is 13.1 Å². The van der Waals surface area contributed by atoms with Gasteiger partial charge in [-0.15, -0.1) is 0 Å². The molecule has 0 unspecified atom stereocenters. The number of hydroxylamine groups is 3. The van der Waals surface area contributed by atoms with Gasteiger partial charge in [-0.25, -0.2) is 4.79 Å². The Kier molecular flexibility index (Phi) is 4.09. The molecule has 22 heavy (non-hydrogen) atoms. The zero-order valence-corrected chi connectivity index (χ0v) is 12.2. The monoisotopic (exact) mass is 298 g/mol. The Bertz CT molecular complexity index is 635. The Labute approximate surface area is 129 Å². The number of carbonyl (C=O) groups is 1. The van der Waals surface area contributed by atoms with Crippen molar-refractivity contribution < 1.29 is 14.2 Å². The molecule has 0 saturated carbocycles. The van der Waals surface area contributed by atoms with E-state index in [1.54, 1.807) is 24.3 Å². The third-order valence-electron chi connectivity index (χ3n) is 3.74. The molecule has 3 rings (SSSR count). The zero-order chi connectivity index (χ0) is 15.4. The van der Waals surface area contributed by atoms with Gasteiger partial charge >= 0.3 is 6.03 Å². The number of urea groups is 1. The van der Waals surface area contributed by atoms with Gasteiger partial charge < -0.3 is 9.94 Å². The molecule has 0 aromatic heterocycles. The Hall–Kier alpha value is -2.37. The number of quaternary nitrogens is 1. The van der Waals surface area contributed by atoms with Crippen molar-refractivity contribution >= 4 is 11.7 Å². The van der Waals surface area contributed by atoms with Crippen LogP contribution in [0.15, 0.2) is 54.6 Å². The summed E-state index contributed by atoms with van der Waals surface area (Å²) in [6.07, 6.45) is 1.61. The van der Waals surface area contributed by atoms with Crippen molar-refractivity contribution in [1.82, 2.24) is 0 Å². The normalized spacial score (nSPS) is 16.2. The largest absolute Gasteiger partial charge is 0.624 e. The first kappa shape index (κ1) is 14.6. The Morgan fingerprint density at radius 3 is 2.18 bits per heavy atom. The van der Waals surface area contributed by atoms with Crippen molar-refractivity contribution in [2.75, 3.05) is 18.4 Å². The van der Waals surface area contributed by atoms with Crippen molar-refractivity contribution in [2.24, 2.45) is 0 Å². The average Bonchev–Trinajstić information content (AvgIpc) is 2.98. The standard InChI is InChI=1S/C17H18N2O3/c20-17(19(21)12-4-5-13-19)18-14-8-10-16(11-9-14)22-15-6-2-1-3-7-15/h1-3,6-11H,4-5,12-13H2,(H,18,20). The van der Waals surface area contributed by atoms with E-state index >= 15 is 0 Å². The van der Waals surface area contributed by atoms with Crippen LogP contribution >= 0.6 is 0 Å². The molecule has 1 saturated heterocycles. The number of hydrogen-bond acceptors (Lipinski definition) is 3. The predicted molar refractivity (Wildman–Crippen MR) is 84.6 cm³/mol. The highest BCUT2D eigenvalue weighted by Gasteiger charge is 2.31. The summed E-state index contributed by atoms with van der Waals surface area (Å²) in [6, 6.07) is 16.0. The average molecular weight is 298 g/mol. The fourth-order valence-corrected chi connectivity index (χ4v) is 2.51. The van der Waals surface area contributed by atoms with Gasteiger partial charge in [0, 0.05) is 18.5 Å². The van der Waals surface area contributed by atoms with Crippen LogP contribution in [-0.2, 0) is 0 Å². The fourth-order valence-electron chi connectivity index (χ4n) is 2.51. The molecule has 2 aromatic carbocycles. The minimum Gasteiger partial charge on any atom is -0.624 e. The van der Waals surface area contributed by atoms with Crippen LogP contribution in [0.4, 0.5) is 10.5 Å². The first-order valence-corrected chi connectivity index (χ1v) is 7.38. The molecule has 1 fully saturated rings. The first-order valence-electron chi connectivity index (χ1n) is 7.38. The molecular formula is C17H18N2O3. The molecule has 0 aliphatic carbocycles. The summed E-state index contributed by atoms with van der Waals surface area (Å²) < 4.78 is 4.90. The number of hydrogen-bond donors (Lipinski definition) is 1. The second kappa shape index (κ2) is 6.17. The number of benzene rings is 2. The molecule has 0 bridgehead atoms. The summed E-state index contributed by atoms with van der Waals surface area (Å²) in [5.41, 5.74) is 0.602. The predicted octanol–water partition coefficient (Wildman–Crippen LogP) is 4.12. The summed E-state index contributed by atoms with van der Waals surface area (Å²) in [7, 11) is 0. The lowest BCUT2D eigenvalue weighted by Crippen LogP contribution is -2.47. The lowest BCUT2D eigenvalue weighted by atomic mass is 10.3. The maximum atomic E-state index is 12.2. The summed E-state index contributed by atoms with van der Waals surface area (Å²) in [5, 5.41) is 14.9. The smallest absolute Gasteiger partial charge is 0.420 e. The highest BCUT2D eigenvalue weighted by molar-refractivity contribution is 5.84. The van der Waals surface area contributed by atoms with Crippen molar-refractivity contribution in [3.63, 3.8) is 0 Å². The molecule has 2 aromatic rings. The molecule has 0 spiro atoms. The molecular weight excluding hydrogens is 280 g/mol. The van der Waals surface area contributed by atoms with Crippen LogP contribution in [-0.4, -0.2) is 23.8 Å². The van der Waals surface area contributed by atoms with Gasteiger partial charge in [0.1, 0.15) is 11.5 Å². The minimum atomic E-state index is -0.776. The van der Waals surface area contributed by atoms with Crippen LogP contribution in [0.5, 0.6) is 11.5 Å². The number of nitrogens with zero attached hydrogens (tertiary/aromatic N) is 1. The molecule has 1 N–H and O–H groups in total. The van der Waals surface area contributed by atoms with Crippen molar-refractivity contribution in [2.45, 2.75) is 12.8 Å². The van der Waals surface area contributed by atoms with E-state index < -0.39 is 10.7 Å². The summed E-state index contributed by atoms with van der Waals surface area (Å²) in [5.74, 6) is 1.43. The minimum absolute atomic E-state index is 0.362. The van der Waals surface area contributed by atoms with E-state index in [0.717, 1.165) is 18.6 Å². The lowest BCUT2D eigenvalue weighted by molar-refractivity contribution is -0.782. The molecule has 1 aliphatic heterocycles. The molecule has 1 heterocycles. The second-order valence-electron chi connectivity index (χ2n) is 5.41. The van der Waals surface area contributed by atoms with Crippen LogP contribution in [0.2, 0.25) is 0 Å². The van der Waals surface area contributed by atoms with Gasteiger partial charge in [-0.2, -0.15) is 0 Å². The molecule has 114 valence electrons. The van der Waals surface area contributed by atoms with Gasteiger partial charge in [-0.3, -0.25) is 9.96 Å². The van der Waals surface area contributed by atoms with Crippen molar-refractivity contribution in [3.8, 4) is 11.5 Å². The Balaban J connectivity index is 1.63. The maximum Gasteiger partial charge on any atom is 0.420 e. The fraction of sp³-hybridized carbons (Fsp3) is 0.235. The maximum absolute atomic E-state index is 12.2. The number of para-hydroxylation sites is 1. The number of carbonyl (C=O) groups excluding carboxylic acids is 1. The van der Waals surface area contributed by atoms with Gasteiger partial charge in [0.15, 0.2) is 0 Å². The number of nitrogens with one attached hydrogen (secondary N) is 1. The Morgan fingerprint density at radius 2 is 1.55 bits per heavy atom. The highest BCUT2D eigenvalue weighted by atomic mass is 16.6. The molecule has 1 aliphatic rings. The van der Waals surface area contributed by atoms with Gasteiger partial charge in [0.2, 0.25) is 0 Å². The van der Waals surface area contributed by atoms with E-state index in [4.69, 9.17) is 4.74 Å². The molecule has 0 radical (unpaired) electrons. The van der Waals surface area contributed by atoms with E-state index in [2.05, 4.69) is 5.32 Å². The molecule has 0 atom stereocenters. The van der Waals surface area contributed by atoms with E-state index in [1.807, 2.05) is 30.3 Å². The molecule has 5 heteroatoms.